The second kappa shape index (κ2) is 4.54. The van der Waals surface area contributed by atoms with Crippen LogP contribution in [0.5, 0.6) is 0 Å². The van der Waals surface area contributed by atoms with E-state index in [9.17, 15) is 8.78 Å². The molecular formula is C9H6Cl2F2N4. The fourth-order valence-corrected chi connectivity index (χ4v) is 1.75. The van der Waals surface area contributed by atoms with E-state index in [2.05, 4.69) is 15.5 Å². The molecule has 0 saturated heterocycles. The van der Waals surface area contributed by atoms with Gasteiger partial charge in [0.25, 0.3) is 0 Å². The van der Waals surface area contributed by atoms with Gasteiger partial charge in [-0.15, -0.1) is 16.7 Å². The van der Waals surface area contributed by atoms with E-state index in [1.165, 1.54) is 0 Å². The Morgan fingerprint density at radius 3 is 2.65 bits per heavy atom. The number of nitrogens with zero attached hydrogens (tertiary/aromatic N) is 4. The van der Waals surface area contributed by atoms with Crippen LogP contribution in [0.1, 0.15) is 18.1 Å². The van der Waals surface area contributed by atoms with Gasteiger partial charge in [0.2, 0.25) is 0 Å². The van der Waals surface area contributed by atoms with Crippen LogP contribution in [0.15, 0.2) is 12.1 Å². The molecule has 2 rings (SSSR count). The van der Waals surface area contributed by atoms with Crippen LogP contribution in [0.2, 0.25) is 5.02 Å². The monoisotopic (exact) mass is 278 g/mol. The molecule has 0 spiro atoms. The van der Waals surface area contributed by atoms with Crippen molar-refractivity contribution in [1.29, 1.82) is 0 Å². The van der Waals surface area contributed by atoms with Gasteiger partial charge in [0.05, 0.1) is 10.4 Å². The number of hydrogen-bond acceptors (Lipinski definition) is 3. The highest BCUT2D eigenvalue weighted by atomic mass is 35.5. The lowest BCUT2D eigenvalue weighted by atomic mass is 10.3. The van der Waals surface area contributed by atoms with Gasteiger partial charge in [-0.25, -0.2) is 8.78 Å². The predicted octanol–water partition coefficient (Wildman–Crippen LogP) is 2.89. The molecule has 0 bridgehead atoms. The average molecular weight is 279 g/mol. The molecule has 2 aromatic rings. The number of halogens is 4. The minimum Gasteiger partial charge on any atom is -0.207 e. The summed E-state index contributed by atoms with van der Waals surface area (Å²) in [5, 5.41) is 9.95. The molecule has 4 nitrogen and oxygen atoms in total. The number of alkyl halides is 1. The van der Waals surface area contributed by atoms with Crippen LogP contribution in [-0.4, -0.2) is 20.2 Å². The second-order valence-electron chi connectivity index (χ2n) is 3.28. The summed E-state index contributed by atoms with van der Waals surface area (Å²) in [5.41, 5.74) is -0.124. The van der Waals surface area contributed by atoms with Gasteiger partial charge in [-0.1, -0.05) is 11.6 Å². The van der Waals surface area contributed by atoms with E-state index in [4.69, 9.17) is 23.2 Å². The second-order valence-corrected chi connectivity index (χ2v) is 4.34. The quantitative estimate of drug-likeness (QED) is 0.794. The molecule has 0 radical (unpaired) electrons. The zero-order valence-corrected chi connectivity index (χ0v) is 10.0. The van der Waals surface area contributed by atoms with Crippen LogP contribution in [0.25, 0.3) is 5.69 Å². The highest BCUT2D eigenvalue weighted by Crippen LogP contribution is 2.27. The van der Waals surface area contributed by atoms with Crippen LogP contribution in [0, 0.1) is 11.6 Å². The van der Waals surface area contributed by atoms with Crippen LogP contribution >= 0.6 is 23.2 Å². The largest absolute Gasteiger partial charge is 0.207 e. The third-order valence-corrected chi connectivity index (χ3v) is 2.53. The fourth-order valence-electron chi connectivity index (χ4n) is 1.34. The van der Waals surface area contributed by atoms with Crippen molar-refractivity contribution in [3.63, 3.8) is 0 Å². The number of aromatic nitrogens is 4. The first kappa shape index (κ1) is 12.2. The topological polar surface area (TPSA) is 43.6 Å². The molecule has 1 aromatic carbocycles. The maximum absolute atomic E-state index is 13.6. The van der Waals surface area contributed by atoms with Crippen molar-refractivity contribution in [2.45, 2.75) is 12.3 Å². The van der Waals surface area contributed by atoms with Gasteiger partial charge in [0.1, 0.15) is 11.5 Å². The Hall–Kier alpha value is -1.27. The Morgan fingerprint density at radius 1 is 1.35 bits per heavy atom. The van der Waals surface area contributed by atoms with Gasteiger partial charge in [-0.3, -0.25) is 0 Å². The van der Waals surface area contributed by atoms with Crippen LogP contribution in [-0.2, 0) is 0 Å². The van der Waals surface area contributed by atoms with Gasteiger partial charge in [-0.2, -0.15) is 4.68 Å². The van der Waals surface area contributed by atoms with Gasteiger partial charge >= 0.3 is 0 Å². The smallest absolute Gasteiger partial charge is 0.174 e. The van der Waals surface area contributed by atoms with E-state index in [1.54, 1.807) is 6.92 Å². The van der Waals surface area contributed by atoms with Crippen molar-refractivity contribution < 1.29 is 8.78 Å². The first-order chi connectivity index (χ1) is 8.00. The summed E-state index contributed by atoms with van der Waals surface area (Å²) < 4.78 is 27.6. The van der Waals surface area contributed by atoms with Crippen LogP contribution in [0.4, 0.5) is 8.78 Å². The number of hydrogen-bond donors (Lipinski definition) is 0. The van der Waals surface area contributed by atoms with Gasteiger partial charge < -0.3 is 0 Å². The van der Waals surface area contributed by atoms with E-state index in [0.29, 0.717) is 6.07 Å². The third-order valence-electron chi connectivity index (χ3n) is 2.04. The van der Waals surface area contributed by atoms with Crippen molar-refractivity contribution in [1.82, 2.24) is 20.2 Å². The highest BCUT2D eigenvalue weighted by Gasteiger charge is 2.19. The summed E-state index contributed by atoms with van der Waals surface area (Å²) in [6.45, 7) is 1.62. The lowest BCUT2D eigenvalue weighted by Gasteiger charge is -2.08. The Balaban J connectivity index is 2.64. The summed E-state index contributed by atoms with van der Waals surface area (Å²) in [4.78, 5) is 0. The molecule has 0 aliphatic carbocycles. The van der Waals surface area contributed by atoms with E-state index in [-0.39, 0.29) is 16.5 Å². The van der Waals surface area contributed by atoms with Gasteiger partial charge in [-0.05, 0) is 23.4 Å². The minimum atomic E-state index is -0.860. The summed E-state index contributed by atoms with van der Waals surface area (Å²) in [5.74, 6) is -1.41. The zero-order chi connectivity index (χ0) is 12.6. The first-order valence-electron chi connectivity index (χ1n) is 4.58. The average Bonchev–Trinajstić information content (AvgIpc) is 2.64. The minimum absolute atomic E-state index is 0.124. The molecule has 0 N–H and O–H groups in total. The van der Waals surface area contributed by atoms with Gasteiger partial charge in [0, 0.05) is 6.07 Å². The highest BCUT2D eigenvalue weighted by molar-refractivity contribution is 6.32. The molecule has 0 aliphatic rings. The Morgan fingerprint density at radius 2 is 2.06 bits per heavy atom. The normalized spacial score (nSPS) is 12.8. The number of rotatable bonds is 2. The maximum Gasteiger partial charge on any atom is 0.174 e. The SMILES string of the molecule is CC(Cl)c1nnnn1-c1c(F)cc(F)cc1Cl. The molecule has 0 fully saturated rings. The van der Waals surface area contributed by atoms with E-state index in [0.717, 1.165) is 10.7 Å². The van der Waals surface area contributed by atoms with Crippen molar-refractivity contribution >= 4 is 23.2 Å². The van der Waals surface area contributed by atoms with Gasteiger partial charge in [0.15, 0.2) is 11.6 Å². The van der Waals surface area contributed by atoms with E-state index >= 15 is 0 Å². The van der Waals surface area contributed by atoms with Crippen LogP contribution in [0.3, 0.4) is 0 Å². The summed E-state index contributed by atoms with van der Waals surface area (Å²) >= 11 is 11.6. The molecule has 8 heteroatoms. The van der Waals surface area contributed by atoms with Crippen LogP contribution < -0.4 is 0 Å². The third kappa shape index (κ3) is 2.23. The Kier molecular flexibility index (Phi) is 3.26. The molecule has 0 aliphatic heterocycles. The molecule has 1 atom stereocenters. The molecular weight excluding hydrogens is 273 g/mol. The first-order valence-corrected chi connectivity index (χ1v) is 5.39. The number of benzene rings is 1. The lowest BCUT2D eigenvalue weighted by molar-refractivity contribution is 0.569. The molecule has 1 aromatic heterocycles. The van der Waals surface area contributed by atoms with Crippen molar-refractivity contribution in [3.05, 3.63) is 34.6 Å². The van der Waals surface area contributed by atoms with Crippen molar-refractivity contribution in [2.75, 3.05) is 0 Å². The molecule has 1 unspecified atom stereocenters. The molecule has 0 saturated carbocycles. The van der Waals surface area contributed by atoms with Crippen molar-refractivity contribution in [3.8, 4) is 5.69 Å². The molecule has 17 heavy (non-hydrogen) atoms. The summed E-state index contributed by atoms with van der Waals surface area (Å²) in [7, 11) is 0. The fraction of sp³-hybridized carbons (Fsp3) is 0.222. The summed E-state index contributed by atoms with van der Waals surface area (Å²) in [6, 6.07) is 1.68. The lowest BCUT2D eigenvalue weighted by Crippen LogP contribution is -2.07. The van der Waals surface area contributed by atoms with Crippen molar-refractivity contribution in [2.24, 2.45) is 0 Å². The number of tetrazole rings is 1. The molecule has 0 amide bonds. The zero-order valence-electron chi connectivity index (χ0n) is 8.53. The summed E-state index contributed by atoms with van der Waals surface area (Å²) in [6.07, 6.45) is 0. The Bertz CT molecular complexity index is 533. The van der Waals surface area contributed by atoms with E-state index < -0.39 is 17.0 Å². The molecule has 1 heterocycles. The standard InChI is InChI=1S/C9H6Cl2F2N4/c1-4(10)9-14-15-16-17(9)8-6(11)2-5(12)3-7(8)13/h2-4H,1H3. The molecule has 90 valence electrons. The maximum atomic E-state index is 13.6. The van der Waals surface area contributed by atoms with E-state index in [1.807, 2.05) is 0 Å². The predicted molar refractivity (Wildman–Crippen MR) is 58.3 cm³/mol. The Labute approximate surface area is 105 Å².